The summed E-state index contributed by atoms with van der Waals surface area (Å²) in [6, 6.07) is 5.92. The molecule has 6 nitrogen and oxygen atoms in total. The van der Waals surface area contributed by atoms with Crippen LogP contribution < -0.4 is 10.6 Å². The molecule has 0 saturated carbocycles. The highest BCUT2D eigenvalue weighted by atomic mass is 16.1. The van der Waals surface area contributed by atoms with Crippen LogP contribution >= 0.6 is 0 Å². The lowest BCUT2D eigenvalue weighted by atomic mass is 10.3. The summed E-state index contributed by atoms with van der Waals surface area (Å²) in [4.78, 5) is 15.4. The predicted molar refractivity (Wildman–Crippen MR) is 62.8 cm³/mol. The van der Waals surface area contributed by atoms with Crippen LogP contribution in [0.3, 0.4) is 0 Å². The van der Waals surface area contributed by atoms with Gasteiger partial charge in [0.1, 0.15) is 0 Å². The van der Waals surface area contributed by atoms with E-state index in [2.05, 4.69) is 20.7 Å². The van der Waals surface area contributed by atoms with Crippen molar-refractivity contribution in [3.8, 4) is 0 Å². The van der Waals surface area contributed by atoms with Crippen molar-refractivity contribution in [3.63, 3.8) is 0 Å². The first-order chi connectivity index (χ1) is 8.22. The van der Waals surface area contributed by atoms with Crippen LogP contribution in [-0.2, 0) is 4.79 Å². The molecule has 1 saturated heterocycles. The third-order valence-electron chi connectivity index (χ3n) is 2.86. The first-order valence-electron chi connectivity index (χ1n) is 5.58. The Bertz CT molecular complexity index is 576. The predicted octanol–water partition coefficient (Wildman–Crippen LogP) is 0.338. The molecule has 1 fully saturated rings. The molecule has 1 unspecified atom stereocenters. The standard InChI is InChI=1S/C11H13N5O/c1-7-3-2-4-9-14-11(15-16(7)9)13-8-5-10(17)12-6-8/h2-4,8H,5-6H2,1H3,(H,12,17)(H,13,15). The van der Waals surface area contributed by atoms with Gasteiger partial charge in [-0.25, -0.2) is 4.52 Å². The number of hydrogen-bond acceptors (Lipinski definition) is 4. The summed E-state index contributed by atoms with van der Waals surface area (Å²) in [7, 11) is 0. The molecule has 6 heteroatoms. The normalized spacial score (nSPS) is 19.6. The molecule has 0 aliphatic carbocycles. The molecule has 1 atom stereocenters. The fourth-order valence-electron chi connectivity index (χ4n) is 1.99. The fraction of sp³-hybridized carbons (Fsp3) is 0.364. The average Bonchev–Trinajstić information content (AvgIpc) is 2.86. The largest absolute Gasteiger partial charge is 0.354 e. The van der Waals surface area contributed by atoms with Crippen LogP contribution in [0.5, 0.6) is 0 Å². The Balaban J connectivity index is 1.86. The van der Waals surface area contributed by atoms with Gasteiger partial charge in [-0.2, -0.15) is 4.98 Å². The molecule has 2 N–H and O–H groups in total. The molecule has 88 valence electrons. The van der Waals surface area contributed by atoms with Crippen molar-refractivity contribution in [1.29, 1.82) is 0 Å². The van der Waals surface area contributed by atoms with Gasteiger partial charge in [0.05, 0.1) is 6.04 Å². The molecule has 1 aliphatic heterocycles. The number of nitrogens with one attached hydrogen (secondary N) is 2. The highest BCUT2D eigenvalue weighted by molar-refractivity contribution is 5.79. The number of anilines is 1. The summed E-state index contributed by atoms with van der Waals surface area (Å²) >= 11 is 0. The molecule has 0 aromatic carbocycles. The molecule has 1 aliphatic rings. The first-order valence-corrected chi connectivity index (χ1v) is 5.58. The molecule has 0 radical (unpaired) electrons. The molecule has 2 aromatic rings. The van der Waals surface area contributed by atoms with Gasteiger partial charge in [-0.3, -0.25) is 4.79 Å². The van der Waals surface area contributed by atoms with Gasteiger partial charge in [-0.1, -0.05) is 6.07 Å². The Labute approximate surface area is 98.0 Å². The molecular formula is C11H13N5O. The summed E-state index contributed by atoms with van der Waals surface area (Å²) < 4.78 is 1.78. The van der Waals surface area contributed by atoms with Crippen LogP contribution in [0.1, 0.15) is 12.1 Å². The van der Waals surface area contributed by atoms with E-state index in [1.807, 2.05) is 25.1 Å². The maximum Gasteiger partial charge on any atom is 0.243 e. The number of aromatic nitrogens is 3. The van der Waals surface area contributed by atoms with Crippen LogP contribution in [0.2, 0.25) is 0 Å². The van der Waals surface area contributed by atoms with Gasteiger partial charge in [-0.15, -0.1) is 5.10 Å². The van der Waals surface area contributed by atoms with Gasteiger partial charge in [0.2, 0.25) is 11.9 Å². The van der Waals surface area contributed by atoms with E-state index in [4.69, 9.17) is 0 Å². The minimum absolute atomic E-state index is 0.0717. The maximum absolute atomic E-state index is 11.1. The summed E-state index contributed by atoms with van der Waals surface area (Å²) in [5.41, 5.74) is 1.84. The number of amides is 1. The SMILES string of the molecule is Cc1cccc2nc(NC3CNC(=O)C3)nn12. The van der Waals surface area contributed by atoms with Crippen LogP contribution in [-0.4, -0.2) is 33.1 Å². The Morgan fingerprint density at radius 2 is 2.41 bits per heavy atom. The number of hydrogen-bond donors (Lipinski definition) is 2. The van der Waals surface area contributed by atoms with Gasteiger partial charge in [0.15, 0.2) is 5.65 Å². The molecule has 1 amide bonds. The highest BCUT2D eigenvalue weighted by Crippen LogP contribution is 2.11. The van der Waals surface area contributed by atoms with Crippen LogP contribution in [0, 0.1) is 6.92 Å². The Hall–Kier alpha value is -2.11. The molecule has 3 rings (SSSR count). The lowest BCUT2D eigenvalue weighted by Crippen LogP contribution is -2.22. The van der Waals surface area contributed by atoms with Gasteiger partial charge in [-0.05, 0) is 19.1 Å². The van der Waals surface area contributed by atoms with E-state index < -0.39 is 0 Å². The van der Waals surface area contributed by atoms with Crippen molar-refractivity contribution < 1.29 is 4.79 Å². The second-order valence-electron chi connectivity index (χ2n) is 4.22. The second kappa shape index (κ2) is 3.73. The van der Waals surface area contributed by atoms with E-state index >= 15 is 0 Å². The third-order valence-corrected chi connectivity index (χ3v) is 2.86. The number of rotatable bonds is 2. The van der Waals surface area contributed by atoms with Crippen LogP contribution in [0.4, 0.5) is 5.95 Å². The summed E-state index contributed by atoms with van der Waals surface area (Å²) in [6.45, 7) is 2.61. The topological polar surface area (TPSA) is 71.3 Å². The fourth-order valence-corrected chi connectivity index (χ4v) is 1.99. The summed E-state index contributed by atoms with van der Waals surface area (Å²) in [6.07, 6.45) is 0.481. The lowest BCUT2D eigenvalue weighted by molar-refractivity contribution is -0.119. The Morgan fingerprint density at radius 3 is 3.12 bits per heavy atom. The quantitative estimate of drug-likeness (QED) is 0.781. The zero-order chi connectivity index (χ0) is 11.8. The van der Waals surface area contributed by atoms with Crippen molar-refractivity contribution >= 4 is 17.5 Å². The van der Waals surface area contributed by atoms with Crippen molar-refractivity contribution in [2.45, 2.75) is 19.4 Å². The van der Waals surface area contributed by atoms with Crippen molar-refractivity contribution in [2.24, 2.45) is 0 Å². The molecule has 0 spiro atoms. The van der Waals surface area contributed by atoms with Gasteiger partial charge in [0, 0.05) is 18.7 Å². The number of nitrogens with zero attached hydrogens (tertiary/aromatic N) is 3. The number of pyridine rings is 1. The molecule has 3 heterocycles. The van der Waals surface area contributed by atoms with E-state index in [1.54, 1.807) is 4.52 Å². The van der Waals surface area contributed by atoms with E-state index in [0.717, 1.165) is 11.3 Å². The lowest BCUT2D eigenvalue weighted by Gasteiger charge is -2.06. The molecular weight excluding hydrogens is 218 g/mol. The minimum atomic E-state index is 0.0717. The number of carbonyl (C=O) groups excluding carboxylic acids is 1. The third kappa shape index (κ3) is 1.82. The van der Waals surface area contributed by atoms with Crippen LogP contribution in [0.15, 0.2) is 18.2 Å². The van der Waals surface area contributed by atoms with Gasteiger partial charge < -0.3 is 10.6 Å². The van der Waals surface area contributed by atoms with E-state index in [0.29, 0.717) is 18.9 Å². The van der Waals surface area contributed by atoms with E-state index in [-0.39, 0.29) is 11.9 Å². The monoisotopic (exact) mass is 231 g/mol. The Kier molecular flexibility index (Phi) is 2.21. The Morgan fingerprint density at radius 1 is 1.53 bits per heavy atom. The summed E-state index contributed by atoms with van der Waals surface area (Å²) in [5, 5.41) is 10.3. The van der Waals surface area contributed by atoms with Crippen molar-refractivity contribution in [2.75, 3.05) is 11.9 Å². The maximum atomic E-state index is 11.1. The minimum Gasteiger partial charge on any atom is -0.354 e. The highest BCUT2D eigenvalue weighted by Gasteiger charge is 2.22. The number of carbonyl (C=O) groups is 1. The first kappa shape index (κ1) is 10.1. The zero-order valence-electron chi connectivity index (χ0n) is 9.47. The summed E-state index contributed by atoms with van der Waals surface area (Å²) in [5.74, 6) is 0.642. The molecule has 0 bridgehead atoms. The van der Waals surface area contributed by atoms with Crippen LogP contribution in [0.25, 0.3) is 5.65 Å². The zero-order valence-corrected chi connectivity index (χ0v) is 9.47. The second-order valence-corrected chi connectivity index (χ2v) is 4.22. The smallest absolute Gasteiger partial charge is 0.243 e. The van der Waals surface area contributed by atoms with Crippen molar-refractivity contribution in [1.82, 2.24) is 19.9 Å². The van der Waals surface area contributed by atoms with E-state index in [1.165, 1.54) is 0 Å². The van der Waals surface area contributed by atoms with Gasteiger partial charge >= 0.3 is 0 Å². The van der Waals surface area contributed by atoms with Crippen molar-refractivity contribution in [3.05, 3.63) is 23.9 Å². The number of fused-ring (bicyclic) bond motifs is 1. The molecule has 17 heavy (non-hydrogen) atoms. The van der Waals surface area contributed by atoms with Gasteiger partial charge in [0.25, 0.3) is 0 Å². The molecule has 2 aromatic heterocycles. The number of aryl methyl sites for hydroxylation is 1. The van der Waals surface area contributed by atoms with E-state index in [9.17, 15) is 4.79 Å². The average molecular weight is 231 g/mol.